The molecular formula is C37H44ClN5O7S. The van der Waals surface area contributed by atoms with E-state index in [-0.39, 0.29) is 32.4 Å². The molecule has 12 nitrogen and oxygen atoms in total. The summed E-state index contributed by atoms with van der Waals surface area (Å²) in [6, 6.07) is 12.8. The van der Waals surface area contributed by atoms with Gasteiger partial charge in [-0.1, -0.05) is 79.1 Å². The second kappa shape index (κ2) is 13.9. The lowest BCUT2D eigenvalue weighted by molar-refractivity contribution is -0.140. The Morgan fingerprint density at radius 1 is 1.04 bits per heavy atom. The number of carbonyl (C=O) groups excluding carboxylic acids is 4. The number of rotatable bonds is 6. The smallest absolute Gasteiger partial charge is 0.410 e. The second-order valence-corrected chi connectivity index (χ2v) is 17.2. The Bertz CT molecular complexity index is 1850. The molecule has 2 saturated carbocycles. The molecule has 51 heavy (non-hydrogen) atoms. The normalized spacial score (nSPS) is 29.4. The van der Waals surface area contributed by atoms with Gasteiger partial charge in [-0.2, -0.15) is 0 Å². The zero-order valence-corrected chi connectivity index (χ0v) is 30.0. The molecule has 4 N–H and O–H groups in total. The van der Waals surface area contributed by atoms with Gasteiger partial charge in [0.2, 0.25) is 21.8 Å². The highest BCUT2D eigenvalue weighted by Crippen LogP contribution is 2.49. The van der Waals surface area contributed by atoms with Gasteiger partial charge in [-0.3, -0.25) is 24.0 Å². The molecule has 5 atom stereocenters. The van der Waals surface area contributed by atoms with Crippen LogP contribution < -0.4 is 15.8 Å². The van der Waals surface area contributed by atoms with Crippen molar-refractivity contribution >= 4 is 45.4 Å². The van der Waals surface area contributed by atoms with Gasteiger partial charge in [0.15, 0.2) is 0 Å². The Balaban J connectivity index is 1.09. The van der Waals surface area contributed by atoms with Gasteiger partial charge in [-0.25, -0.2) is 13.2 Å². The maximum atomic E-state index is 14.2. The zero-order chi connectivity index (χ0) is 36.0. The second-order valence-electron chi connectivity index (χ2n) is 14.7. The third kappa shape index (κ3) is 7.12. The van der Waals surface area contributed by atoms with Gasteiger partial charge >= 0.3 is 6.09 Å². The Labute approximate surface area is 303 Å². The van der Waals surface area contributed by atoms with Gasteiger partial charge in [-0.15, -0.1) is 0 Å². The van der Waals surface area contributed by atoms with Crippen molar-refractivity contribution in [3.05, 3.63) is 82.4 Å². The highest BCUT2D eigenvalue weighted by atomic mass is 35.5. The number of allylic oxidation sites excluding steroid dienone is 1. The van der Waals surface area contributed by atoms with Gasteiger partial charge in [0.05, 0.1) is 23.9 Å². The Kier molecular flexibility index (Phi) is 9.66. The van der Waals surface area contributed by atoms with Crippen molar-refractivity contribution < 1.29 is 32.3 Å². The standard InChI is InChI=1S/C37H44ClN5O7S/c38-29-14-9-12-25-21-42(23-28(25)29)35(47)50-27-18-31-32(44)40-37(20-26(37)13-7-2-1-3-8-15-30(39)33(45)43(31)22-27)34(46)41-51(48,49)36(16-17-36)19-24-10-5-4-6-11-24/h4-7,9-14,26-27,30-31H,1-3,8,15-23,39H2,(H,40,44)(H,41,46)/b13-7-/t26-,27+,30?,31-,37+/m0/s1. The van der Waals surface area contributed by atoms with Crippen LogP contribution in [0, 0.1) is 5.92 Å². The van der Waals surface area contributed by atoms with E-state index in [1.807, 2.05) is 54.6 Å². The topological polar surface area (TPSA) is 168 Å². The molecule has 0 radical (unpaired) electrons. The molecule has 0 bridgehead atoms. The summed E-state index contributed by atoms with van der Waals surface area (Å²) in [5.41, 5.74) is 7.47. The van der Waals surface area contributed by atoms with Crippen LogP contribution in [0.3, 0.4) is 0 Å². The number of amides is 4. The molecule has 14 heteroatoms. The lowest BCUT2D eigenvalue weighted by Gasteiger charge is -2.28. The van der Waals surface area contributed by atoms with Crippen molar-refractivity contribution in [2.45, 2.75) is 106 Å². The molecule has 1 saturated heterocycles. The molecule has 272 valence electrons. The first-order chi connectivity index (χ1) is 24.4. The first-order valence-corrected chi connectivity index (χ1v) is 19.6. The lowest BCUT2D eigenvalue weighted by atomic mass is 10.1. The van der Waals surface area contributed by atoms with Crippen LogP contribution in [0.2, 0.25) is 5.02 Å². The van der Waals surface area contributed by atoms with Gasteiger partial charge < -0.3 is 20.7 Å². The minimum Gasteiger partial charge on any atom is -0.444 e. The van der Waals surface area contributed by atoms with Crippen molar-refractivity contribution in [3.63, 3.8) is 0 Å². The monoisotopic (exact) mass is 737 g/mol. The average Bonchev–Trinajstić information content (AvgIpc) is 3.92. The number of nitrogens with zero attached hydrogens (tertiary/aromatic N) is 2. The van der Waals surface area contributed by atoms with Crippen molar-refractivity contribution in [2.24, 2.45) is 11.7 Å². The Morgan fingerprint density at radius 2 is 1.82 bits per heavy atom. The zero-order valence-electron chi connectivity index (χ0n) is 28.4. The molecule has 3 heterocycles. The SMILES string of the molecule is NC1CCCCC/C=C\[C@H]2C[C@@]2(C(=O)NS(=O)(=O)C2(Cc3ccccc3)CC2)NC(=O)[C@@H]2C[C@@H](OC(=O)N3Cc4cccc(Cl)c4C3)CN2C1=O. The molecule has 4 amide bonds. The van der Waals surface area contributed by atoms with E-state index in [1.54, 1.807) is 6.07 Å². The summed E-state index contributed by atoms with van der Waals surface area (Å²) in [6.45, 7) is 0.553. The van der Waals surface area contributed by atoms with Crippen LogP contribution in [0.25, 0.3) is 0 Å². The molecule has 5 aliphatic rings. The minimum atomic E-state index is -4.10. The number of sulfonamides is 1. The van der Waals surface area contributed by atoms with Crippen LogP contribution in [0.15, 0.2) is 60.7 Å². The fraction of sp³-hybridized carbons (Fsp3) is 0.514. The van der Waals surface area contributed by atoms with E-state index < -0.39 is 68.2 Å². The highest BCUT2D eigenvalue weighted by Gasteiger charge is 2.63. The summed E-state index contributed by atoms with van der Waals surface area (Å²) in [5.74, 6) is -2.29. The summed E-state index contributed by atoms with van der Waals surface area (Å²) in [4.78, 5) is 58.1. The number of nitrogens with two attached hydrogens (primary N) is 1. The lowest BCUT2D eigenvalue weighted by Crippen LogP contribution is -2.58. The molecule has 1 unspecified atom stereocenters. The maximum absolute atomic E-state index is 14.2. The van der Waals surface area contributed by atoms with Crippen LogP contribution in [0.5, 0.6) is 0 Å². The predicted octanol–water partition coefficient (Wildman–Crippen LogP) is 3.71. The number of hydrogen-bond acceptors (Lipinski definition) is 8. The maximum Gasteiger partial charge on any atom is 0.410 e. The van der Waals surface area contributed by atoms with Crippen LogP contribution in [0.1, 0.15) is 74.5 Å². The number of hydrogen-bond donors (Lipinski definition) is 3. The summed E-state index contributed by atoms with van der Waals surface area (Å²) < 4.78 is 34.6. The summed E-state index contributed by atoms with van der Waals surface area (Å²) >= 11 is 6.35. The Hall–Kier alpha value is -3.94. The molecular weight excluding hydrogens is 694 g/mol. The van der Waals surface area contributed by atoms with Crippen molar-refractivity contribution in [1.82, 2.24) is 19.8 Å². The van der Waals surface area contributed by atoms with E-state index in [9.17, 15) is 27.6 Å². The van der Waals surface area contributed by atoms with Gasteiger partial charge in [-0.05, 0) is 67.7 Å². The van der Waals surface area contributed by atoms with Crippen LogP contribution >= 0.6 is 11.6 Å². The quantitative estimate of drug-likeness (QED) is 0.377. The van der Waals surface area contributed by atoms with Crippen molar-refractivity contribution in [1.29, 1.82) is 0 Å². The molecule has 3 aliphatic heterocycles. The van der Waals surface area contributed by atoms with E-state index >= 15 is 0 Å². The van der Waals surface area contributed by atoms with E-state index in [2.05, 4.69) is 10.0 Å². The number of ether oxygens (including phenoxy) is 1. The van der Waals surface area contributed by atoms with E-state index in [4.69, 9.17) is 22.1 Å². The summed E-state index contributed by atoms with van der Waals surface area (Å²) in [7, 11) is -4.10. The highest BCUT2D eigenvalue weighted by molar-refractivity contribution is 7.91. The van der Waals surface area contributed by atoms with Crippen molar-refractivity contribution in [3.8, 4) is 0 Å². The van der Waals surface area contributed by atoms with E-state index in [1.165, 1.54) is 9.80 Å². The number of carbonyl (C=O) groups is 4. The molecule has 2 aromatic rings. The molecule has 3 fully saturated rings. The fourth-order valence-corrected chi connectivity index (χ4v) is 9.65. The number of benzene rings is 2. The number of nitrogens with one attached hydrogen (secondary N) is 2. The Morgan fingerprint density at radius 3 is 2.57 bits per heavy atom. The first kappa shape index (κ1) is 35.5. The largest absolute Gasteiger partial charge is 0.444 e. The van der Waals surface area contributed by atoms with Crippen LogP contribution in [-0.4, -0.2) is 77.1 Å². The van der Waals surface area contributed by atoms with Crippen LogP contribution in [0.4, 0.5) is 4.79 Å². The molecule has 2 aromatic carbocycles. The third-order valence-corrected chi connectivity index (χ3v) is 13.6. The minimum absolute atomic E-state index is 0.00569. The van der Waals surface area contributed by atoms with E-state index in [0.717, 1.165) is 42.4 Å². The molecule has 7 rings (SSSR count). The molecule has 0 spiro atoms. The van der Waals surface area contributed by atoms with Crippen molar-refractivity contribution in [2.75, 3.05) is 6.54 Å². The molecule has 2 aliphatic carbocycles. The number of halogens is 1. The van der Waals surface area contributed by atoms with Gasteiger partial charge in [0.1, 0.15) is 17.7 Å². The summed E-state index contributed by atoms with van der Waals surface area (Å²) in [5, 5.41) is 3.43. The van der Waals surface area contributed by atoms with Gasteiger partial charge in [0, 0.05) is 23.9 Å². The number of fused-ring (bicyclic) bond motifs is 3. The van der Waals surface area contributed by atoms with Gasteiger partial charge in [0.25, 0.3) is 5.91 Å². The fourth-order valence-electron chi connectivity index (χ4n) is 7.76. The predicted molar refractivity (Wildman–Crippen MR) is 189 cm³/mol. The van der Waals surface area contributed by atoms with E-state index in [0.29, 0.717) is 30.8 Å². The van der Waals surface area contributed by atoms with Crippen LogP contribution in [-0.2, 0) is 48.7 Å². The summed E-state index contributed by atoms with van der Waals surface area (Å²) in [6.07, 6.45) is 7.33. The first-order valence-electron chi connectivity index (χ1n) is 17.8. The molecule has 0 aromatic heterocycles. The average molecular weight is 738 g/mol. The third-order valence-electron chi connectivity index (χ3n) is 11.1.